The van der Waals surface area contributed by atoms with Gasteiger partial charge in [-0.2, -0.15) is 13.2 Å². The number of rotatable bonds is 4. The summed E-state index contributed by atoms with van der Waals surface area (Å²) in [6.07, 6.45) is 3.13. The normalized spacial score (nSPS) is 19.1. The summed E-state index contributed by atoms with van der Waals surface area (Å²) in [7, 11) is 1.54. The van der Waals surface area contributed by atoms with Crippen molar-refractivity contribution in [3.63, 3.8) is 0 Å². The fourth-order valence-corrected chi connectivity index (χ4v) is 3.20. The second kappa shape index (κ2) is 14.8. The highest BCUT2D eigenvalue weighted by atomic mass is 19.4. The number of piperidine rings is 1. The second-order valence-corrected chi connectivity index (χ2v) is 10.4. The molecule has 1 aliphatic rings. The van der Waals surface area contributed by atoms with Crippen LogP contribution in [0.3, 0.4) is 0 Å². The zero-order chi connectivity index (χ0) is 28.2. The van der Waals surface area contributed by atoms with Gasteiger partial charge >= 0.3 is 18.2 Å². The van der Waals surface area contributed by atoms with E-state index in [1.165, 1.54) is 11.9 Å². The number of alkyl halides is 3. The Hall–Kier alpha value is -2.44. The lowest BCUT2D eigenvalue weighted by atomic mass is 9.88. The monoisotopic (exact) mass is 508 g/mol. The number of alkyl carbamates (subject to hydrolysis) is 1. The third kappa shape index (κ3) is 15.2. The van der Waals surface area contributed by atoms with Crippen LogP contribution in [0.1, 0.15) is 81.1 Å². The van der Waals surface area contributed by atoms with Gasteiger partial charge in [0.2, 0.25) is 5.91 Å². The van der Waals surface area contributed by atoms with Crippen LogP contribution in [-0.2, 0) is 19.1 Å². The van der Waals surface area contributed by atoms with Gasteiger partial charge in [-0.1, -0.05) is 13.3 Å². The molecule has 204 valence electrons. The standard InChI is InChI=1S/C17H28F3NO3.C6H13NO2.C2H2/c1-6-12-7-8-13(11(2)24-15(23)16(3,4)5)21(10-12)14(22)9-17(18,19)20;1-6(2,3)9-5(8)7-4;1-2/h11-13H,6-10H2,1-5H3;1-4H3,(H,7,8);1-2H/t11-,12?,13?;;/m0../s1. The van der Waals surface area contributed by atoms with Crippen molar-refractivity contribution >= 4 is 18.0 Å². The van der Waals surface area contributed by atoms with Crippen LogP contribution in [0.5, 0.6) is 0 Å². The highest BCUT2D eigenvalue weighted by Gasteiger charge is 2.41. The van der Waals surface area contributed by atoms with Gasteiger partial charge < -0.3 is 19.7 Å². The molecule has 1 aliphatic heterocycles. The van der Waals surface area contributed by atoms with Crippen LogP contribution in [0.25, 0.3) is 0 Å². The number of hydrogen-bond donors (Lipinski definition) is 1. The predicted molar refractivity (Wildman–Crippen MR) is 129 cm³/mol. The molecule has 35 heavy (non-hydrogen) atoms. The molecule has 0 radical (unpaired) electrons. The smallest absolute Gasteiger partial charge is 0.407 e. The van der Waals surface area contributed by atoms with Crippen molar-refractivity contribution < 1.29 is 37.0 Å². The quantitative estimate of drug-likeness (QED) is 0.410. The van der Waals surface area contributed by atoms with Crippen LogP contribution >= 0.6 is 0 Å². The van der Waals surface area contributed by atoms with Gasteiger partial charge in [0.1, 0.15) is 18.1 Å². The molecule has 1 N–H and O–H groups in total. The molecule has 0 aromatic carbocycles. The fourth-order valence-electron chi connectivity index (χ4n) is 3.20. The van der Waals surface area contributed by atoms with Gasteiger partial charge in [0.15, 0.2) is 0 Å². The minimum Gasteiger partial charge on any atom is -0.460 e. The number of terminal acetylenes is 1. The molecule has 0 aromatic heterocycles. The van der Waals surface area contributed by atoms with E-state index in [1.807, 2.05) is 27.7 Å². The number of ether oxygens (including phenoxy) is 2. The van der Waals surface area contributed by atoms with E-state index >= 15 is 0 Å². The Balaban J connectivity index is 0. The molecule has 1 rings (SSSR count). The lowest BCUT2D eigenvalue weighted by Gasteiger charge is -2.42. The maximum absolute atomic E-state index is 12.6. The third-order valence-electron chi connectivity index (χ3n) is 5.03. The molecule has 0 bridgehead atoms. The molecular formula is C25H43F3N2O5. The van der Waals surface area contributed by atoms with Gasteiger partial charge in [-0.05, 0) is 67.2 Å². The Morgan fingerprint density at radius 1 is 1.06 bits per heavy atom. The largest absolute Gasteiger partial charge is 0.460 e. The zero-order valence-electron chi connectivity index (χ0n) is 22.5. The zero-order valence-corrected chi connectivity index (χ0v) is 22.5. The summed E-state index contributed by atoms with van der Waals surface area (Å²) in [5, 5.41) is 2.36. The lowest BCUT2D eigenvalue weighted by Crippen LogP contribution is -2.53. The Morgan fingerprint density at radius 3 is 1.91 bits per heavy atom. The second-order valence-electron chi connectivity index (χ2n) is 10.4. The summed E-state index contributed by atoms with van der Waals surface area (Å²) in [6.45, 7) is 14.5. The Kier molecular flexibility index (Phi) is 14.7. The summed E-state index contributed by atoms with van der Waals surface area (Å²) in [6, 6.07) is -0.506. The number of halogens is 3. The van der Waals surface area contributed by atoms with Crippen molar-refractivity contribution in [2.45, 2.75) is 105 Å². The van der Waals surface area contributed by atoms with Crippen molar-refractivity contribution in [1.29, 1.82) is 0 Å². The summed E-state index contributed by atoms with van der Waals surface area (Å²) < 4.78 is 48.1. The highest BCUT2D eigenvalue weighted by Crippen LogP contribution is 2.31. The SMILES string of the molecule is C#C.CCC1CCC([C@H](C)OC(=O)C(C)(C)C)N(C(=O)CC(F)(F)F)C1.CNC(=O)OC(C)(C)C. The van der Waals surface area contributed by atoms with E-state index in [2.05, 4.69) is 18.2 Å². The molecule has 1 heterocycles. The number of nitrogens with zero attached hydrogens (tertiary/aromatic N) is 1. The van der Waals surface area contributed by atoms with Gasteiger partial charge in [0.05, 0.1) is 11.5 Å². The molecule has 10 heteroatoms. The lowest BCUT2D eigenvalue weighted by molar-refractivity contribution is -0.173. The van der Waals surface area contributed by atoms with E-state index in [9.17, 15) is 27.6 Å². The maximum Gasteiger partial charge on any atom is 0.407 e. The van der Waals surface area contributed by atoms with Gasteiger partial charge in [0.25, 0.3) is 0 Å². The first-order valence-corrected chi connectivity index (χ1v) is 11.6. The highest BCUT2D eigenvalue weighted by molar-refractivity contribution is 5.78. The first-order chi connectivity index (χ1) is 15.8. The molecule has 0 saturated carbocycles. The molecule has 2 amide bonds. The van der Waals surface area contributed by atoms with E-state index < -0.39 is 42.0 Å². The molecular weight excluding hydrogens is 465 g/mol. The van der Waals surface area contributed by atoms with E-state index in [0.29, 0.717) is 6.42 Å². The molecule has 1 fully saturated rings. The molecule has 7 nitrogen and oxygen atoms in total. The third-order valence-corrected chi connectivity index (χ3v) is 5.03. The number of likely N-dealkylation sites (tertiary alicyclic amines) is 1. The van der Waals surface area contributed by atoms with E-state index in [0.717, 1.165) is 12.8 Å². The van der Waals surface area contributed by atoms with Crippen LogP contribution < -0.4 is 5.32 Å². The molecule has 0 aromatic rings. The molecule has 0 aliphatic carbocycles. The minimum absolute atomic E-state index is 0.184. The molecule has 2 unspecified atom stereocenters. The van der Waals surface area contributed by atoms with Gasteiger partial charge in [-0.25, -0.2) is 4.79 Å². The number of carbonyl (C=O) groups excluding carboxylic acids is 3. The van der Waals surface area contributed by atoms with Gasteiger partial charge in [-0.15, -0.1) is 12.8 Å². The molecule has 0 spiro atoms. The van der Waals surface area contributed by atoms with Gasteiger partial charge in [0, 0.05) is 13.6 Å². The van der Waals surface area contributed by atoms with Crippen molar-refractivity contribution in [3.05, 3.63) is 0 Å². The summed E-state index contributed by atoms with van der Waals surface area (Å²) >= 11 is 0. The fraction of sp³-hybridized carbons (Fsp3) is 0.800. The van der Waals surface area contributed by atoms with Crippen LogP contribution in [0, 0.1) is 24.2 Å². The summed E-state index contributed by atoms with van der Waals surface area (Å²) in [5.74, 6) is -1.18. The average molecular weight is 509 g/mol. The van der Waals surface area contributed by atoms with Crippen molar-refractivity contribution in [2.24, 2.45) is 11.3 Å². The van der Waals surface area contributed by atoms with Crippen LogP contribution in [0.15, 0.2) is 0 Å². The average Bonchev–Trinajstić information content (AvgIpc) is 2.71. The minimum atomic E-state index is -4.54. The Labute approximate surface area is 208 Å². The molecule has 3 atom stereocenters. The van der Waals surface area contributed by atoms with Crippen LogP contribution in [0.2, 0.25) is 0 Å². The summed E-state index contributed by atoms with van der Waals surface area (Å²) in [5.41, 5.74) is -1.09. The number of hydrogen-bond acceptors (Lipinski definition) is 5. The topological polar surface area (TPSA) is 84.9 Å². The summed E-state index contributed by atoms with van der Waals surface area (Å²) in [4.78, 5) is 35.9. The van der Waals surface area contributed by atoms with E-state index in [1.54, 1.807) is 27.7 Å². The van der Waals surface area contributed by atoms with Crippen molar-refractivity contribution in [2.75, 3.05) is 13.6 Å². The number of amides is 2. The predicted octanol–water partition coefficient (Wildman–Crippen LogP) is 5.32. The first-order valence-electron chi connectivity index (χ1n) is 11.6. The Morgan fingerprint density at radius 2 is 1.57 bits per heavy atom. The molecule has 1 saturated heterocycles. The first kappa shape index (κ1) is 34.7. The van der Waals surface area contributed by atoms with E-state index in [4.69, 9.17) is 9.47 Å². The number of esters is 1. The van der Waals surface area contributed by atoms with Crippen LogP contribution in [-0.4, -0.2) is 60.4 Å². The number of carbonyl (C=O) groups is 3. The Bertz CT molecular complexity index is 694. The van der Waals surface area contributed by atoms with Crippen molar-refractivity contribution in [3.8, 4) is 12.8 Å². The van der Waals surface area contributed by atoms with Crippen molar-refractivity contribution in [1.82, 2.24) is 10.2 Å². The number of nitrogens with one attached hydrogen (secondary N) is 1. The maximum atomic E-state index is 12.6. The van der Waals surface area contributed by atoms with Gasteiger partial charge in [-0.3, -0.25) is 9.59 Å². The van der Waals surface area contributed by atoms with Crippen LogP contribution in [0.4, 0.5) is 18.0 Å². The van der Waals surface area contributed by atoms with E-state index in [-0.39, 0.29) is 24.2 Å².